The fourth-order valence-corrected chi connectivity index (χ4v) is 4.28. The molecule has 0 saturated heterocycles. The molecule has 0 bridgehead atoms. The first-order valence-corrected chi connectivity index (χ1v) is 8.36. The topological polar surface area (TPSA) is 12.0 Å². The van der Waals surface area contributed by atoms with Crippen molar-refractivity contribution in [2.45, 2.75) is 65.3 Å². The van der Waals surface area contributed by atoms with Gasteiger partial charge in [0.25, 0.3) is 0 Å². The first kappa shape index (κ1) is 16.5. The van der Waals surface area contributed by atoms with Crippen LogP contribution >= 0.6 is 0 Å². The first-order valence-electron chi connectivity index (χ1n) is 8.36. The molecule has 0 radical (unpaired) electrons. The predicted molar refractivity (Wildman–Crippen MR) is 88.1 cm³/mol. The van der Waals surface area contributed by atoms with E-state index < -0.39 is 0 Å². The third kappa shape index (κ3) is 3.48. The lowest BCUT2D eigenvalue weighted by Crippen LogP contribution is -2.48. The Kier molecular flexibility index (Phi) is 5.08. The summed E-state index contributed by atoms with van der Waals surface area (Å²) in [7, 11) is 0. The van der Waals surface area contributed by atoms with Crippen LogP contribution in [-0.4, -0.2) is 12.6 Å². The number of benzene rings is 1. The second-order valence-electron chi connectivity index (χ2n) is 7.37. The lowest BCUT2D eigenvalue weighted by Gasteiger charge is -2.45. The van der Waals surface area contributed by atoms with Gasteiger partial charge in [-0.25, -0.2) is 4.39 Å². The van der Waals surface area contributed by atoms with Gasteiger partial charge in [0, 0.05) is 6.04 Å². The minimum Gasteiger partial charge on any atom is -0.314 e. The summed E-state index contributed by atoms with van der Waals surface area (Å²) in [5, 5.41) is 3.70. The Hall–Kier alpha value is -0.890. The van der Waals surface area contributed by atoms with Gasteiger partial charge in [0.05, 0.1) is 0 Å². The van der Waals surface area contributed by atoms with E-state index in [4.69, 9.17) is 0 Å². The van der Waals surface area contributed by atoms with Crippen LogP contribution in [0.15, 0.2) is 18.2 Å². The molecule has 2 heteroatoms. The van der Waals surface area contributed by atoms with Crippen molar-refractivity contribution < 1.29 is 4.39 Å². The van der Waals surface area contributed by atoms with Crippen molar-refractivity contribution in [3.05, 3.63) is 35.1 Å². The molecule has 0 aliphatic heterocycles. The maximum Gasteiger partial charge on any atom is 0.123 e. The lowest BCUT2D eigenvalue weighted by atomic mass is 9.63. The molecule has 1 N–H and O–H groups in total. The molecule has 1 aliphatic carbocycles. The third-order valence-electron chi connectivity index (χ3n) is 5.39. The highest BCUT2D eigenvalue weighted by Crippen LogP contribution is 2.43. The number of halogens is 1. The van der Waals surface area contributed by atoms with Gasteiger partial charge in [-0.1, -0.05) is 40.2 Å². The van der Waals surface area contributed by atoms with Gasteiger partial charge in [-0.3, -0.25) is 0 Å². The van der Waals surface area contributed by atoms with Gasteiger partial charge in [0.1, 0.15) is 5.82 Å². The summed E-state index contributed by atoms with van der Waals surface area (Å²) in [6.07, 6.45) is 3.81. The van der Waals surface area contributed by atoms with Gasteiger partial charge >= 0.3 is 0 Å². The van der Waals surface area contributed by atoms with Gasteiger partial charge in [-0.15, -0.1) is 0 Å². The molecule has 1 nitrogen and oxygen atoms in total. The van der Waals surface area contributed by atoms with E-state index in [1.165, 1.54) is 24.8 Å². The molecular weight excluding hydrogens is 261 g/mol. The van der Waals surface area contributed by atoms with Gasteiger partial charge in [0.15, 0.2) is 0 Å². The zero-order valence-electron chi connectivity index (χ0n) is 14.2. The molecule has 1 aromatic rings. The van der Waals surface area contributed by atoms with Crippen LogP contribution in [0.5, 0.6) is 0 Å². The van der Waals surface area contributed by atoms with Crippen molar-refractivity contribution in [2.24, 2.45) is 11.8 Å². The summed E-state index contributed by atoms with van der Waals surface area (Å²) in [6.45, 7) is 12.3. The minimum atomic E-state index is -0.132. The molecule has 1 fully saturated rings. The van der Waals surface area contributed by atoms with Crippen molar-refractivity contribution in [1.82, 2.24) is 5.32 Å². The second-order valence-corrected chi connectivity index (χ2v) is 7.37. The molecule has 1 aliphatic rings. The summed E-state index contributed by atoms with van der Waals surface area (Å²) < 4.78 is 13.4. The van der Waals surface area contributed by atoms with Crippen LogP contribution in [0.3, 0.4) is 0 Å². The van der Waals surface area contributed by atoms with Crippen molar-refractivity contribution in [3.63, 3.8) is 0 Å². The number of rotatable bonds is 4. The Morgan fingerprint density at radius 1 is 1.29 bits per heavy atom. The number of nitrogens with one attached hydrogen (secondary N) is 1. The molecule has 1 aromatic carbocycles. The highest BCUT2D eigenvalue weighted by atomic mass is 19.1. The quantitative estimate of drug-likeness (QED) is 0.838. The maximum absolute atomic E-state index is 13.4. The van der Waals surface area contributed by atoms with E-state index in [0.29, 0.717) is 12.0 Å². The predicted octanol–water partition coefficient (Wildman–Crippen LogP) is 4.83. The van der Waals surface area contributed by atoms with Gasteiger partial charge in [-0.2, -0.15) is 0 Å². The van der Waals surface area contributed by atoms with E-state index in [2.05, 4.69) is 33.0 Å². The molecule has 3 unspecified atom stereocenters. The Labute approximate surface area is 129 Å². The molecule has 0 spiro atoms. The lowest BCUT2D eigenvalue weighted by molar-refractivity contribution is 0.146. The normalized spacial score (nSPS) is 26.9. The Morgan fingerprint density at radius 3 is 2.62 bits per heavy atom. The summed E-state index contributed by atoms with van der Waals surface area (Å²) in [5.41, 5.74) is 2.45. The zero-order chi connectivity index (χ0) is 15.6. The molecule has 1 saturated carbocycles. The SMILES string of the molecule is CCNC1CC(C)CCC1C(C)(C)c1ccc(F)cc1C. The van der Waals surface area contributed by atoms with Crippen molar-refractivity contribution in [1.29, 1.82) is 0 Å². The molecule has 0 heterocycles. The van der Waals surface area contributed by atoms with Crippen molar-refractivity contribution in [3.8, 4) is 0 Å². The summed E-state index contributed by atoms with van der Waals surface area (Å²) in [6, 6.07) is 5.84. The van der Waals surface area contributed by atoms with E-state index in [1.807, 2.05) is 13.0 Å². The van der Waals surface area contributed by atoms with E-state index in [9.17, 15) is 4.39 Å². The van der Waals surface area contributed by atoms with Gasteiger partial charge in [-0.05, 0) is 66.8 Å². The highest BCUT2D eigenvalue weighted by molar-refractivity contribution is 5.34. The molecule has 21 heavy (non-hydrogen) atoms. The van der Waals surface area contributed by atoms with Crippen molar-refractivity contribution >= 4 is 0 Å². The fourth-order valence-electron chi connectivity index (χ4n) is 4.28. The fraction of sp³-hybridized carbons (Fsp3) is 0.684. The van der Waals surface area contributed by atoms with Crippen LogP contribution < -0.4 is 5.32 Å². The summed E-state index contributed by atoms with van der Waals surface area (Å²) in [5.74, 6) is 1.28. The van der Waals surface area contributed by atoms with Gasteiger partial charge in [0.2, 0.25) is 0 Å². The molecule has 3 atom stereocenters. The molecule has 0 aromatic heterocycles. The zero-order valence-corrected chi connectivity index (χ0v) is 14.2. The monoisotopic (exact) mass is 291 g/mol. The summed E-state index contributed by atoms with van der Waals surface area (Å²) >= 11 is 0. The van der Waals surface area contributed by atoms with Gasteiger partial charge < -0.3 is 5.32 Å². The maximum atomic E-state index is 13.4. The third-order valence-corrected chi connectivity index (χ3v) is 5.39. The van der Waals surface area contributed by atoms with Crippen LogP contribution in [0.2, 0.25) is 0 Å². The average Bonchev–Trinajstić information content (AvgIpc) is 2.38. The Morgan fingerprint density at radius 2 is 2.00 bits per heavy atom. The Balaban J connectivity index is 2.31. The first-order chi connectivity index (χ1) is 9.86. The van der Waals surface area contributed by atoms with Crippen LogP contribution in [0.4, 0.5) is 4.39 Å². The summed E-state index contributed by atoms with van der Waals surface area (Å²) in [4.78, 5) is 0. The molecule has 0 amide bonds. The molecule has 2 rings (SSSR count). The highest BCUT2D eigenvalue weighted by Gasteiger charge is 2.40. The van der Waals surface area contributed by atoms with Crippen LogP contribution in [-0.2, 0) is 5.41 Å². The average molecular weight is 291 g/mol. The van der Waals surface area contributed by atoms with E-state index in [-0.39, 0.29) is 11.2 Å². The van der Waals surface area contributed by atoms with Crippen molar-refractivity contribution in [2.75, 3.05) is 6.54 Å². The largest absolute Gasteiger partial charge is 0.314 e. The number of hydrogen-bond acceptors (Lipinski definition) is 1. The molecular formula is C19H30FN. The Bertz CT molecular complexity index is 480. The second kappa shape index (κ2) is 6.48. The standard InChI is InChI=1S/C19H30FN/c1-6-21-18-11-13(2)7-9-17(18)19(4,5)16-10-8-15(20)12-14(16)3/h8,10,12-13,17-18,21H,6-7,9,11H2,1-5H3. The molecule has 118 valence electrons. The van der Waals surface area contributed by atoms with Crippen LogP contribution in [0.25, 0.3) is 0 Å². The van der Waals surface area contributed by atoms with E-state index in [0.717, 1.165) is 18.0 Å². The number of hydrogen-bond donors (Lipinski definition) is 1. The van der Waals surface area contributed by atoms with Crippen LogP contribution in [0, 0.1) is 24.6 Å². The van der Waals surface area contributed by atoms with E-state index >= 15 is 0 Å². The smallest absolute Gasteiger partial charge is 0.123 e. The van der Waals surface area contributed by atoms with E-state index in [1.54, 1.807) is 12.1 Å². The van der Waals surface area contributed by atoms with Crippen LogP contribution in [0.1, 0.15) is 58.1 Å². The number of aryl methyl sites for hydroxylation is 1. The minimum absolute atomic E-state index is 0.0742.